The minimum absolute atomic E-state index is 0.0635. The molecule has 0 atom stereocenters. The molecule has 0 radical (unpaired) electrons. The molecule has 11 heteroatoms. The van der Waals surface area contributed by atoms with Gasteiger partial charge in [-0.1, -0.05) is 0 Å². The Labute approximate surface area is 129 Å². The van der Waals surface area contributed by atoms with Crippen molar-refractivity contribution in [1.82, 2.24) is 4.90 Å². The van der Waals surface area contributed by atoms with Crippen molar-refractivity contribution in [3.63, 3.8) is 0 Å². The van der Waals surface area contributed by atoms with E-state index in [1.807, 2.05) is 0 Å². The third-order valence-corrected chi connectivity index (χ3v) is 4.92. The molecule has 0 aliphatic carbocycles. The number of halogens is 3. The van der Waals surface area contributed by atoms with Crippen molar-refractivity contribution < 1.29 is 31.2 Å². The normalized spacial score (nSPS) is 17.2. The molecule has 1 aromatic rings. The maximum atomic E-state index is 12.8. The van der Waals surface area contributed by atoms with E-state index in [4.69, 9.17) is 4.74 Å². The van der Waals surface area contributed by atoms with Crippen molar-refractivity contribution in [2.45, 2.75) is 16.9 Å². The fourth-order valence-corrected chi connectivity index (χ4v) is 3.17. The number of sulfone groups is 1. The lowest BCUT2D eigenvalue weighted by atomic mass is 10.2. The van der Waals surface area contributed by atoms with Crippen LogP contribution in [0.2, 0.25) is 0 Å². The molecular formula is C12H13F3N2O5S. The fourth-order valence-electron chi connectivity index (χ4n) is 2.16. The van der Waals surface area contributed by atoms with Crippen molar-refractivity contribution in [3.8, 4) is 0 Å². The zero-order chi connectivity index (χ0) is 17.3. The zero-order valence-electron chi connectivity index (χ0n) is 11.7. The van der Waals surface area contributed by atoms with Gasteiger partial charge >= 0.3 is 5.51 Å². The molecule has 0 N–H and O–H groups in total. The lowest BCUT2D eigenvalue weighted by Gasteiger charge is -2.27. The minimum Gasteiger partial charge on any atom is -0.379 e. The minimum atomic E-state index is -5.68. The van der Waals surface area contributed by atoms with Crippen LogP contribution in [0.4, 0.5) is 18.9 Å². The molecule has 0 spiro atoms. The SMILES string of the molecule is O=[N+]([O-])c1ccc(CN2CCOCC2)c(S(=O)(=O)C(F)(F)F)c1. The quantitative estimate of drug-likeness (QED) is 0.604. The highest BCUT2D eigenvalue weighted by Gasteiger charge is 2.48. The van der Waals surface area contributed by atoms with Gasteiger partial charge in [0.15, 0.2) is 0 Å². The van der Waals surface area contributed by atoms with Gasteiger partial charge in [-0.05, 0) is 11.6 Å². The summed E-state index contributed by atoms with van der Waals surface area (Å²) in [5, 5.41) is 10.7. The van der Waals surface area contributed by atoms with Gasteiger partial charge in [0.1, 0.15) is 0 Å². The van der Waals surface area contributed by atoms with E-state index < -0.39 is 30.9 Å². The summed E-state index contributed by atoms with van der Waals surface area (Å²) in [6, 6.07) is 2.50. The van der Waals surface area contributed by atoms with E-state index in [1.54, 1.807) is 4.90 Å². The molecule has 2 rings (SSSR count). The Kier molecular flexibility index (Phi) is 4.92. The highest BCUT2D eigenvalue weighted by atomic mass is 32.2. The van der Waals surface area contributed by atoms with E-state index in [9.17, 15) is 31.7 Å². The summed E-state index contributed by atoms with van der Waals surface area (Å²) in [6.45, 7) is 1.57. The van der Waals surface area contributed by atoms with Crippen LogP contribution in [-0.2, 0) is 21.1 Å². The molecule has 1 fully saturated rings. The molecule has 1 aromatic carbocycles. The molecular weight excluding hydrogens is 341 g/mol. The van der Waals surface area contributed by atoms with Crippen molar-refractivity contribution in [2.75, 3.05) is 26.3 Å². The summed E-state index contributed by atoms with van der Waals surface area (Å²) < 4.78 is 67.0. The molecule has 23 heavy (non-hydrogen) atoms. The van der Waals surface area contributed by atoms with Crippen LogP contribution in [0.1, 0.15) is 5.56 Å². The zero-order valence-corrected chi connectivity index (χ0v) is 12.6. The van der Waals surface area contributed by atoms with Crippen LogP contribution in [0.5, 0.6) is 0 Å². The number of rotatable bonds is 4. The number of nitro groups is 1. The van der Waals surface area contributed by atoms with Gasteiger partial charge in [-0.3, -0.25) is 15.0 Å². The monoisotopic (exact) mass is 354 g/mol. The first-order valence-electron chi connectivity index (χ1n) is 6.51. The van der Waals surface area contributed by atoms with Gasteiger partial charge in [0.25, 0.3) is 15.5 Å². The first-order chi connectivity index (χ1) is 10.6. The van der Waals surface area contributed by atoms with Crippen molar-refractivity contribution in [3.05, 3.63) is 33.9 Å². The average molecular weight is 354 g/mol. The molecule has 1 aliphatic heterocycles. The topological polar surface area (TPSA) is 89.8 Å². The van der Waals surface area contributed by atoms with Gasteiger partial charge in [0, 0.05) is 31.8 Å². The van der Waals surface area contributed by atoms with Crippen LogP contribution in [0.25, 0.3) is 0 Å². The Balaban J connectivity index is 2.47. The van der Waals surface area contributed by atoms with E-state index in [0.29, 0.717) is 32.4 Å². The summed E-state index contributed by atoms with van der Waals surface area (Å²) in [7, 11) is -5.68. The summed E-state index contributed by atoms with van der Waals surface area (Å²) >= 11 is 0. The van der Waals surface area contributed by atoms with Crippen LogP contribution in [0.3, 0.4) is 0 Å². The van der Waals surface area contributed by atoms with Gasteiger partial charge in [0.05, 0.1) is 23.0 Å². The lowest BCUT2D eigenvalue weighted by Crippen LogP contribution is -2.36. The van der Waals surface area contributed by atoms with E-state index >= 15 is 0 Å². The molecule has 1 heterocycles. The summed E-state index contributed by atoms with van der Waals surface area (Å²) in [4.78, 5) is 10.4. The summed E-state index contributed by atoms with van der Waals surface area (Å²) in [6.07, 6.45) is 0. The molecule has 1 aliphatic rings. The maximum absolute atomic E-state index is 12.8. The van der Waals surface area contributed by atoms with Crippen LogP contribution < -0.4 is 0 Å². The summed E-state index contributed by atoms with van der Waals surface area (Å²) in [5.74, 6) is 0. The number of hydrogen-bond donors (Lipinski definition) is 0. The maximum Gasteiger partial charge on any atom is 0.501 e. The third-order valence-electron chi connectivity index (χ3n) is 3.35. The Morgan fingerprint density at radius 1 is 1.26 bits per heavy atom. The standard InChI is InChI=1S/C12H13F3N2O5S/c13-12(14,15)23(20,21)11-7-10(17(18)19)2-1-9(11)8-16-3-5-22-6-4-16/h1-2,7H,3-6,8H2. The largest absolute Gasteiger partial charge is 0.501 e. The Morgan fingerprint density at radius 3 is 2.39 bits per heavy atom. The number of non-ortho nitro benzene ring substituents is 1. The Morgan fingerprint density at radius 2 is 1.87 bits per heavy atom. The molecule has 0 aromatic heterocycles. The van der Waals surface area contributed by atoms with Crippen LogP contribution >= 0.6 is 0 Å². The fraction of sp³-hybridized carbons (Fsp3) is 0.500. The van der Waals surface area contributed by atoms with Crippen LogP contribution in [0, 0.1) is 10.1 Å². The molecule has 1 saturated heterocycles. The van der Waals surface area contributed by atoms with E-state index in [-0.39, 0.29) is 12.1 Å². The van der Waals surface area contributed by atoms with Crippen LogP contribution in [-0.4, -0.2) is 50.1 Å². The molecule has 128 valence electrons. The van der Waals surface area contributed by atoms with E-state index in [1.165, 1.54) is 0 Å². The van der Waals surface area contributed by atoms with E-state index in [0.717, 1.165) is 12.1 Å². The number of alkyl halides is 3. The van der Waals surface area contributed by atoms with Gasteiger partial charge in [-0.2, -0.15) is 13.2 Å². The van der Waals surface area contributed by atoms with Gasteiger partial charge in [-0.15, -0.1) is 0 Å². The molecule has 0 bridgehead atoms. The number of hydrogen-bond acceptors (Lipinski definition) is 6. The second-order valence-electron chi connectivity index (χ2n) is 4.89. The second-order valence-corrected chi connectivity index (χ2v) is 6.80. The number of ether oxygens (including phenoxy) is 1. The number of benzene rings is 1. The Hall–Kier alpha value is -1.72. The molecule has 0 unspecified atom stereocenters. The molecule has 0 amide bonds. The third kappa shape index (κ3) is 3.79. The lowest BCUT2D eigenvalue weighted by molar-refractivity contribution is -0.385. The predicted octanol–water partition coefficient (Wildman–Crippen LogP) is 1.72. The highest BCUT2D eigenvalue weighted by Crippen LogP contribution is 2.34. The first kappa shape index (κ1) is 17.6. The summed E-state index contributed by atoms with van der Waals surface area (Å²) in [5.41, 5.74) is -6.37. The van der Waals surface area contributed by atoms with Gasteiger partial charge in [0.2, 0.25) is 0 Å². The van der Waals surface area contributed by atoms with Gasteiger partial charge < -0.3 is 4.74 Å². The predicted molar refractivity (Wildman–Crippen MR) is 72.4 cm³/mol. The second kappa shape index (κ2) is 6.42. The number of morpholine rings is 1. The van der Waals surface area contributed by atoms with Crippen molar-refractivity contribution in [2.24, 2.45) is 0 Å². The van der Waals surface area contributed by atoms with E-state index in [2.05, 4.69) is 0 Å². The van der Waals surface area contributed by atoms with Crippen LogP contribution in [0.15, 0.2) is 23.1 Å². The number of nitrogens with zero attached hydrogens (tertiary/aromatic N) is 2. The first-order valence-corrected chi connectivity index (χ1v) is 8.00. The molecule has 0 saturated carbocycles. The van der Waals surface area contributed by atoms with Gasteiger partial charge in [-0.25, -0.2) is 8.42 Å². The molecule has 7 nitrogen and oxygen atoms in total. The highest BCUT2D eigenvalue weighted by molar-refractivity contribution is 7.92. The Bertz CT molecular complexity index is 699. The number of nitro benzene ring substituents is 1. The smallest absolute Gasteiger partial charge is 0.379 e. The van der Waals surface area contributed by atoms with Crippen molar-refractivity contribution >= 4 is 15.5 Å². The van der Waals surface area contributed by atoms with Crippen molar-refractivity contribution in [1.29, 1.82) is 0 Å². The average Bonchev–Trinajstić information content (AvgIpc) is 2.47.